The average molecular weight is 292 g/mol. The van der Waals surface area contributed by atoms with E-state index in [0.717, 1.165) is 39.0 Å². The maximum absolute atomic E-state index is 12.2. The molecule has 1 saturated heterocycles. The van der Waals surface area contributed by atoms with Crippen LogP contribution >= 0.6 is 0 Å². The highest BCUT2D eigenvalue weighted by atomic mass is 32.2. The van der Waals surface area contributed by atoms with Gasteiger partial charge in [-0.15, -0.1) is 0 Å². The summed E-state index contributed by atoms with van der Waals surface area (Å²) in [5.41, 5.74) is 0. The molecule has 19 heavy (non-hydrogen) atoms. The van der Waals surface area contributed by atoms with Gasteiger partial charge in [0.25, 0.3) is 0 Å². The fourth-order valence-corrected chi connectivity index (χ4v) is 3.56. The van der Waals surface area contributed by atoms with Crippen molar-refractivity contribution in [3.8, 4) is 0 Å². The standard InChI is InChI=1S/C13H28N2O3S/c1-4-7-14-10-11(2)19(16,17)15-12(3)13-5-8-18-9-6-13/h11-15H,4-10H2,1-3H3. The first-order valence-electron chi connectivity index (χ1n) is 7.27. The third-order valence-corrected chi connectivity index (χ3v) is 5.64. The summed E-state index contributed by atoms with van der Waals surface area (Å²) in [6.07, 6.45) is 2.89. The molecule has 1 rings (SSSR count). The normalized spacial score (nSPS) is 21.2. The van der Waals surface area contributed by atoms with Crippen LogP contribution in [0, 0.1) is 5.92 Å². The second-order valence-electron chi connectivity index (χ2n) is 5.42. The van der Waals surface area contributed by atoms with E-state index in [9.17, 15) is 8.42 Å². The monoisotopic (exact) mass is 292 g/mol. The predicted molar refractivity (Wildman–Crippen MR) is 77.7 cm³/mol. The Morgan fingerprint density at radius 3 is 2.47 bits per heavy atom. The van der Waals surface area contributed by atoms with E-state index < -0.39 is 15.3 Å². The first-order valence-corrected chi connectivity index (χ1v) is 8.81. The summed E-state index contributed by atoms with van der Waals surface area (Å²) in [4.78, 5) is 0. The molecule has 2 N–H and O–H groups in total. The molecule has 0 aromatic rings. The van der Waals surface area contributed by atoms with Gasteiger partial charge in [0.05, 0.1) is 5.25 Å². The molecule has 0 amide bonds. The summed E-state index contributed by atoms with van der Waals surface area (Å²) in [7, 11) is -3.24. The van der Waals surface area contributed by atoms with Crippen LogP contribution in [0.5, 0.6) is 0 Å². The van der Waals surface area contributed by atoms with E-state index in [1.807, 2.05) is 6.92 Å². The fourth-order valence-electron chi connectivity index (χ4n) is 2.28. The lowest BCUT2D eigenvalue weighted by Crippen LogP contribution is -2.46. The molecule has 0 aromatic heterocycles. The van der Waals surface area contributed by atoms with Crippen LogP contribution < -0.4 is 10.0 Å². The van der Waals surface area contributed by atoms with E-state index in [4.69, 9.17) is 4.74 Å². The highest BCUT2D eigenvalue weighted by Crippen LogP contribution is 2.19. The first kappa shape index (κ1) is 16.9. The summed E-state index contributed by atoms with van der Waals surface area (Å²) < 4.78 is 32.5. The van der Waals surface area contributed by atoms with Gasteiger partial charge >= 0.3 is 0 Å². The average Bonchev–Trinajstić information content (AvgIpc) is 2.39. The van der Waals surface area contributed by atoms with Crippen molar-refractivity contribution in [2.24, 2.45) is 5.92 Å². The van der Waals surface area contributed by atoms with E-state index in [1.54, 1.807) is 6.92 Å². The second-order valence-corrected chi connectivity index (χ2v) is 7.55. The molecule has 1 fully saturated rings. The molecule has 0 radical (unpaired) electrons. The van der Waals surface area contributed by atoms with Gasteiger partial charge in [0.15, 0.2) is 0 Å². The quantitative estimate of drug-likeness (QED) is 0.658. The number of nitrogens with one attached hydrogen (secondary N) is 2. The highest BCUT2D eigenvalue weighted by Gasteiger charge is 2.27. The highest BCUT2D eigenvalue weighted by molar-refractivity contribution is 7.90. The lowest BCUT2D eigenvalue weighted by molar-refractivity contribution is 0.0585. The van der Waals surface area contributed by atoms with Crippen molar-refractivity contribution in [3.63, 3.8) is 0 Å². The Bertz CT molecular complexity index is 340. The van der Waals surface area contributed by atoms with E-state index in [1.165, 1.54) is 0 Å². The molecule has 0 bridgehead atoms. The van der Waals surface area contributed by atoms with Gasteiger partial charge in [0.2, 0.25) is 10.0 Å². The Hall–Kier alpha value is -0.170. The van der Waals surface area contributed by atoms with Crippen LogP contribution in [-0.2, 0) is 14.8 Å². The SMILES string of the molecule is CCCNCC(C)S(=O)(=O)NC(C)C1CCOCC1. The van der Waals surface area contributed by atoms with Crippen molar-refractivity contribution in [2.45, 2.75) is 51.3 Å². The number of hydrogen-bond donors (Lipinski definition) is 2. The van der Waals surface area contributed by atoms with Crippen molar-refractivity contribution in [2.75, 3.05) is 26.3 Å². The molecule has 114 valence electrons. The summed E-state index contributed by atoms with van der Waals surface area (Å²) in [5.74, 6) is 0.388. The van der Waals surface area contributed by atoms with Gasteiger partial charge in [-0.1, -0.05) is 6.92 Å². The van der Waals surface area contributed by atoms with E-state index in [-0.39, 0.29) is 6.04 Å². The minimum absolute atomic E-state index is 0.0116. The van der Waals surface area contributed by atoms with Crippen LogP contribution in [0.4, 0.5) is 0 Å². The molecule has 1 aliphatic rings. The second kappa shape index (κ2) is 8.19. The lowest BCUT2D eigenvalue weighted by atomic mass is 9.94. The van der Waals surface area contributed by atoms with E-state index in [0.29, 0.717) is 12.5 Å². The summed E-state index contributed by atoms with van der Waals surface area (Å²) in [5, 5.41) is 2.75. The van der Waals surface area contributed by atoms with Crippen molar-refractivity contribution in [1.29, 1.82) is 0 Å². The molecule has 1 aliphatic heterocycles. The largest absolute Gasteiger partial charge is 0.381 e. The summed E-state index contributed by atoms with van der Waals surface area (Å²) in [6.45, 7) is 8.62. The molecule has 2 unspecified atom stereocenters. The topological polar surface area (TPSA) is 67.4 Å². The Kier molecular flexibility index (Phi) is 7.28. The molecular weight excluding hydrogens is 264 g/mol. The number of ether oxygens (including phenoxy) is 1. The Morgan fingerprint density at radius 2 is 1.89 bits per heavy atom. The van der Waals surface area contributed by atoms with Crippen LogP contribution in [0.2, 0.25) is 0 Å². The molecule has 0 saturated carbocycles. The van der Waals surface area contributed by atoms with Gasteiger partial charge in [-0.3, -0.25) is 0 Å². The van der Waals surface area contributed by atoms with Crippen LogP contribution in [0.3, 0.4) is 0 Å². The van der Waals surface area contributed by atoms with Crippen LogP contribution in [0.1, 0.15) is 40.0 Å². The lowest BCUT2D eigenvalue weighted by Gasteiger charge is -2.29. The zero-order chi connectivity index (χ0) is 14.3. The zero-order valence-corrected chi connectivity index (χ0v) is 13.1. The Morgan fingerprint density at radius 1 is 1.26 bits per heavy atom. The predicted octanol–water partition coefficient (Wildman–Crippen LogP) is 1.11. The van der Waals surface area contributed by atoms with Gasteiger partial charge in [0.1, 0.15) is 0 Å². The number of hydrogen-bond acceptors (Lipinski definition) is 4. The summed E-state index contributed by atoms with van der Waals surface area (Å²) in [6, 6.07) is -0.0116. The van der Waals surface area contributed by atoms with Gasteiger partial charge in [-0.05, 0) is 45.6 Å². The molecule has 6 heteroatoms. The number of rotatable bonds is 8. The maximum atomic E-state index is 12.2. The van der Waals surface area contributed by atoms with Gasteiger partial charge in [-0.25, -0.2) is 13.1 Å². The summed E-state index contributed by atoms with van der Waals surface area (Å²) >= 11 is 0. The van der Waals surface area contributed by atoms with Crippen molar-refractivity contribution >= 4 is 10.0 Å². The van der Waals surface area contributed by atoms with Crippen LogP contribution in [-0.4, -0.2) is 46.0 Å². The minimum Gasteiger partial charge on any atom is -0.381 e. The Balaban J connectivity index is 2.43. The van der Waals surface area contributed by atoms with Crippen LogP contribution in [0.25, 0.3) is 0 Å². The van der Waals surface area contributed by atoms with Crippen molar-refractivity contribution < 1.29 is 13.2 Å². The molecule has 2 atom stereocenters. The molecule has 1 heterocycles. The zero-order valence-electron chi connectivity index (χ0n) is 12.3. The number of sulfonamides is 1. The molecule has 5 nitrogen and oxygen atoms in total. The minimum atomic E-state index is -3.24. The Labute approximate surface area is 117 Å². The van der Waals surface area contributed by atoms with Crippen molar-refractivity contribution in [1.82, 2.24) is 10.0 Å². The molecule has 0 spiro atoms. The maximum Gasteiger partial charge on any atom is 0.215 e. The smallest absolute Gasteiger partial charge is 0.215 e. The third kappa shape index (κ3) is 5.77. The van der Waals surface area contributed by atoms with Gasteiger partial charge in [-0.2, -0.15) is 0 Å². The third-order valence-electron chi connectivity index (χ3n) is 3.71. The van der Waals surface area contributed by atoms with E-state index in [2.05, 4.69) is 17.0 Å². The van der Waals surface area contributed by atoms with Crippen molar-refractivity contribution in [3.05, 3.63) is 0 Å². The molecular formula is C13H28N2O3S. The van der Waals surface area contributed by atoms with Gasteiger partial charge in [0, 0.05) is 25.8 Å². The first-order chi connectivity index (χ1) is 8.97. The van der Waals surface area contributed by atoms with E-state index >= 15 is 0 Å². The molecule has 0 aliphatic carbocycles. The fraction of sp³-hybridized carbons (Fsp3) is 1.00. The van der Waals surface area contributed by atoms with Crippen LogP contribution in [0.15, 0.2) is 0 Å². The van der Waals surface area contributed by atoms with Gasteiger partial charge < -0.3 is 10.1 Å². The molecule has 0 aromatic carbocycles.